The molecule has 1 amide bonds. The molecular weight excluding hydrogens is 286 g/mol. The number of carbonyl (C=O) groups is 1. The monoisotopic (exact) mass is 305 g/mol. The predicted octanol–water partition coefficient (Wildman–Crippen LogP) is 3.08. The maximum Gasteiger partial charge on any atom is 0.253 e. The van der Waals surface area contributed by atoms with Gasteiger partial charge in [-0.25, -0.2) is 4.98 Å². The van der Waals surface area contributed by atoms with E-state index in [-0.39, 0.29) is 11.4 Å². The number of nitrogens with one attached hydrogen (secondary N) is 1. The van der Waals surface area contributed by atoms with Gasteiger partial charge in [-0.1, -0.05) is 30.3 Å². The summed E-state index contributed by atoms with van der Waals surface area (Å²) in [6, 6.07) is 14.2. The molecule has 1 aliphatic rings. The van der Waals surface area contributed by atoms with Crippen LogP contribution in [0.2, 0.25) is 0 Å². The van der Waals surface area contributed by atoms with E-state index in [1.165, 1.54) is 5.56 Å². The second-order valence-electron chi connectivity index (χ2n) is 6.46. The van der Waals surface area contributed by atoms with Crippen molar-refractivity contribution in [1.29, 1.82) is 0 Å². The van der Waals surface area contributed by atoms with E-state index in [2.05, 4.69) is 22.4 Å². The maximum absolute atomic E-state index is 12.6. The SMILES string of the molecule is Cn1ccc2cc(C(=O)NC3(Cc4ccccc4)CC3)cnc21. The zero-order valence-electron chi connectivity index (χ0n) is 13.1. The minimum absolute atomic E-state index is 0.0308. The lowest BCUT2D eigenvalue weighted by molar-refractivity contribution is 0.0931. The van der Waals surface area contributed by atoms with Gasteiger partial charge in [-0.2, -0.15) is 0 Å². The van der Waals surface area contributed by atoms with Crippen LogP contribution >= 0.6 is 0 Å². The Morgan fingerprint density at radius 1 is 1.26 bits per heavy atom. The van der Waals surface area contributed by atoms with Crippen molar-refractivity contribution in [2.75, 3.05) is 0 Å². The van der Waals surface area contributed by atoms with E-state index in [0.717, 1.165) is 30.3 Å². The van der Waals surface area contributed by atoms with Crippen LogP contribution in [-0.2, 0) is 13.5 Å². The number of rotatable bonds is 4. The van der Waals surface area contributed by atoms with Crippen LogP contribution < -0.4 is 5.32 Å². The molecule has 3 aromatic rings. The summed E-state index contributed by atoms with van der Waals surface area (Å²) in [6.45, 7) is 0. The number of nitrogens with zero attached hydrogens (tertiary/aromatic N) is 2. The summed E-state index contributed by atoms with van der Waals surface area (Å²) < 4.78 is 1.95. The quantitative estimate of drug-likeness (QED) is 0.805. The molecule has 2 aromatic heterocycles. The number of fused-ring (bicyclic) bond motifs is 1. The maximum atomic E-state index is 12.6. The number of aromatic nitrogens is 2. The minimum atomic E-state index is -0.0793. The van der Waals surface area contributed by atoms with Crippen LogP contribution in [0.4, 0.5) is 0 Å². The van der Waals surface area contributed by atoms with Crippen molar-refractivity contribution < 1.29 is 4.79 Å². The number of benzene rings is 1. The molecule has 0 bridgehead atoms. The number of hydrogen-bond acceptors (Lipinski definition) is 2. The molecule has 0 radical (unpaired) electrons. The lowest BCUT2D eigenvalue weighted by atomic mass is 10.0. The van der Waals surface area contributed by atoms with Crippen LogP contribution in [0.25, 0.3) is 11.0 Å². The van der Waals surface area contributed by atoms with Crippen molar-refractivity contribution in [3.63, 3.8) is 0 Å². The summed E-state index contributed by atoms with van der Waals surface area (Å²) in [5.74, 6) is -0.0308. The summed E-state index contributed by atoms with van der Waals surface area (Å²) in [5, 5.41) is 4.21. The first-order chi connectivity index (χ1) is 11.2. The molecule has 1 aromatic carbocycles. The molecule has 23 heavy (non-hydrogen) atoms. The zero-order chi connectivity index (χ0) is 15.9. The highest BCUT2D eigenvalue weighted by atomic mass is 16.1. The summed E-state index contributed by atoms with van der Waals surface area (Å²) in [4.78, 5) is 17.0. The second kappa shape index (κ2) is 5.23. The molecular formula is C19H19N3O. The Labute approximate surface area is 135 Å². The molecule has 1 aliphatic carbocycles. The fourth-order valence-electron chi connectivity index (χ4n) is 3.08. The molecule has 1 saturated carbocycles. The third-order valence-electron chi connectivity index (χ3n) is 4.59. The van der Waals surface area contributed by atoms with Gasteiger partial charge in [0, 0.05) is 30.4 Å². The van der Waals surface area contributed by atoms with Gasteiger partial charge in [0.15, 0.2) is 0 Å². The molecule has 1 N–H and O–H groups in total. The average molecular weight is 305 g/mol. The molecule has 2 heterocycles. The van der Waals surface area contributed by atoms with Crippen molar-refractivity contribution in [3.05, 3.63) is 66.0 Å². The smallest absolute Gasteiger partial charge is 0.253 e. The van der Waals surface area contributed by atoms with Gasteiger partial charge < -0.3 is 9.88 Å². The predicted molar refractivity (Wildman–Crippen MR) is 90.3 cm³/mol. The molecule has 4 rings (SSSR count). The van der Waals surface area contributed by atoms with Crippen LogP contribution in [0.5, 0.6) is 0 Å². The normalized spacial score (nSPS) is 15.5. The molecule has 4 nitrogen and oxygen atoms in total. The molecule has 0 atom stereocenters. The average Bonchev–Trinajstić information content (AvgIpc) is 3.21. The van der Waals surface area contributed by atoms with E-state index >= 15 is 0 Å². The number of amides is 1. The molecule has 1 fully saturated rings. The Hall–Kier alpha value is -2.62. The van der Waals surface area contributed by atoms with Gasteiger partial charge in [-0.05, 0) is 37.0 Å². The van der Waals surface area contributed by atoms with E-state index in [9.17, 15) is 4.79 Å². The summed E-state index contributed by atoms with van der Waals surface area (Å²) in [7, 11) is 1.95. The molecule has 116 valence electrons. The highest BCUT2D eigenvalue weighted by Gasteiger charge is 2.44. The van der Waals surface area contributed by atoms with Gasteiger partial charge in [0.1, 0.15) is 5.65 Å². The van der Waals surface area contributed by atoms with Crippen molar-refractivity contribution in [2.24, 2.45) is 7.05 Å². The second-order valence-corrected chi connectivity index (χ2v) is 6.46. The number of hydrogen-bond donors (Lipinski definition) is 1. The molecule has 0 unspecified atom stereocenters. The Kier molecular flexibility index (Phi) is 3.18. The third kappa shape index (κ3) is 2.72. The first-order valence-electron chi connectivity index (χ1n) is 7.93. The topological polar surface area (TPSA) is 46.9 Å². The van der Waals surface area contributed by atoms with Gasteiger partial charge in [0.2, 0.25) is 0 Å². The Morgan fingerprint density at radius 3 is 2.78 bits per heavy atom. The largest absolute Gasteiger partial charge is 0.346 e. The molecule has 4 heteroatoms. The van der Waals surface area contributed by atoms with E-state index in [1.807, 2.05) is 48.1 Å². The van der Waals surface area contributed by atoms with Gasteiger partial charge in [-0.3, -0.25) is 4.79 Å². The van der Waals surface area contributed by atoms with E-state index in [1.54, 1.807) is 6.20 Å². The molecule has 0 aliphatic heterocycles. The van der Waals surface area contributed by atoms with Gasteiger partial charge in [0.05, 0.1) is 5.56 Å². The highest BCUT2D eigenvalue weighted by molar-refractivity contribution is 5.97. The fraction of sp³-hybridized carbons (Fsp3) is 0.263. The summed E-state index contributed by atoms with van der Waals surface area (Å²) in [6.07, 6.45) is 6.58. The van der Waals surface area contributed by atoms with E-state index in [0.29, 0.717) is 5.56 Å². The fourth-order valence-corrected chi connectivity index (χ4v) is 3.08. The van der Waals surface area contributed by atoms with Gasteiger partial charge in [0.25, 0.3) is 5.91 Å². The minimum Gasteiger partial charge on any atom is -0.346 e. The highest BCUT2D eigenvalue weighted by Crippen LogP contribution is 2.38. The van der Waals surface area contributed by atoms with Crippen molar-refractivity contribution in [1.82, 2.24) is 14.9 Å². The number of aryl methyl sites for hydroxylation is 1. The summed E-state index contributed by atoms with van der Waals surface area (Å²) >= 11 is 0. The standard InChI is InChI=1S/C19H19N3O/c1-22-10-7-15-11-16(13-20-17(15)22)18(23)21-19(8-9-19)12-14-5-3-2-4-6-14/h2-7,10-11,13H,8-9,12H2,1H3,(H,21,23). The first-order valence-corrected chi connectivity index (χ1v) is 7.93. The molecule has 0 spiro atoms. The Morgan fingerprint density at radius 2 is 2.04 bits per heavy atom. The van der Waals surface area contributed by atoms with Crippen LogP contribution in [0.15, 0.2) is 54.9 Å². The van der Waals surface area contributed by atoms with Crippen molar-refractivity contribution in [2.45, 2.75) is 24.8 Å². The Balaban J connectivity index is 1.52. The zero-order valence-corrected chi connectivity index (χ0v) is 13.1. The van der Waals surface area contributed by atoms with Crippen molar-refractivity contribution >= 4 is 16.9 Å². The number of carbonyl (C=O) groups excluding carboxylic acids is 1. The van der Waals surface area contributed by atoms with Gasteiger partial charge in [-0.15, -0.1) is 0 Å². The van der Waals surface area contributed by atoms with Crippen LogP contribution in [0, 0.1) is 0 Å². The van der Waals surface area contributed by atoms with Crippen LogP contribution in [-0.4, -0.2) is 21.0 Å². The number of pyridine rings is 1. The van der Waals surface area contributed by atoms with Crippen LogP contribution in [0.3, 0.4) is 0 Å². The lowest BCUT2D eigenvalue weighted by Gasteiger charge is -2.17. The molecule has 0 saturated heterocycles. The lowest BCUT2D eigenvalue weighted by Crippen LogP contribution is -2.38. The Bertz CT molecular complexity index is 863. The summed E-state index contributed by atoms with van der Waals surface area (Å²) in [5.41, 5.74) is 2.71. The van der Waals surface area contributed by atoms with Crippen molar-refractivity contribution in [3.8, 4) is 0 Å². The van der Waals surface area contributed by atoms with Crippen LogP contribution in [0.1, 0.15) is 28.8 Å². The van der Waals surface area contributed by atoms with E-state index in [4.69, 9.17) is 0 Å². The third-order valence-corrected chi connectivity index (χ3v) is 4.59. The van der Waals surface area contributed by atoms with E-state index < -0.39 is 0 Å². The van der Waals surface area contributed by atoms with Gasteiger partial charge >= 0.3 is 0 Å². The first kappa shape index (κ1) is 14.0.